The number of anilines is 1. The fourth-order valence-electron chi connectivity index (χ4n) is 4.02. The number of amides is 1. The molecule has 2 atom stereocenters. The molecule has 3 N–H and O–H groups in total. The lowest BCUT2D eigenvalue weighted by molar-refractivity contribution is 0.0743. The molecule has 1 unspecified atom stereocenters. The Morgan fingerprint density at radius 1 is 1.30 bits per heavy atom. The van der Waals surface area contributed by atoms with Crippen molar-refractivity contribution in [1.82, 2.24) is 15.1 Å². The van der Waals surface area contributed by atoms with E-state index in [0.717, 1.165) is 35.3 Å². The summed E-state index contributed by atoms with van der Waals surface area (Å²) in [5, 5.41) is 18.7. The molecule has 1 aliphatic heterocycles. The van der Waals surface area contributed by atoms with E-state index in [9.17, 15) is 4.79 Å². The molecule has 3 aromatic rings. The topological polar surface area (TPSA) is 84.9 Å². The largest absolute Gasteiger partial charge is 0.384 e. The van der Waals surface area contributed by atoms with E-state index in [1.807, 2.05) is 29.3 Å². The molecule has 2 heterocycles. The lowest BCUT2D eigenvalue weighted by atomic mass is 10.0. The molecule has 0 spiro atoms. The molecule has 0 aliphatic carbocycles. The predicted molar refractivity (Wildman–Crippen MR) is 120 cm³/mol. The summed E-state index contributed by atoms with van der Waals surface area (Å²) in [5.74, 6) is 0.398. The number of nitrogens with one attached hydrogen (secondary N) is 3. The van der Waals surface area contributed by atoms with Gasteiger partial charge in [0.05, 0.1) is 6.20 Å². The van der Waals surface area contributed by atoms with Crippen LogP contribution in [0.4, 0.5) is 5.69 Å². The van der Waals surface area contributed by atoms with Gasteiger partial charge in [0.15, 0.2) is 0 Å². The maximum Gasteiger partial charge on any atom is 0.254 e. The van der Waals surface area contributed by atoms with Gasteiger partial charge in [-0.05, 0) is 61.2 Å². The normalized spacial score (nSPS) is 18.4. The number of hydrogen-bond acceptors (Lipinski definition) is 4. The molecular weight excluding hydrogens is 398 g/mol. The summed E-state index contributed by atoms with van der Waals surface area (Å²) in [5.41, 5.74) is 4.43. The van der Waals surface area contributed by atoms with E-state index in [2.05, 4.69) is 22.4 Å². The Morgan fingerprint density at radius 3 is 2.80 bits per heavy atom. The Bertz CT molecular complexity index is 1030. The Kier molecular flexibility index (Phi) is 5.86. The van der Waals surface area contributed by atoms with Crippen LogP contribution in [0.5, 0.6) is 0 Å². The maximum absolute atomic E-state index is 12.9. The molecule has 1 amide bonds. The highest BCUT2D eigenvalue weighted by Gasteiger charge is 2.32. The van der Waals surface area contributed by atoms with Crippen molar-refractivity contribution < 1.29 is 4.79 Å². The number of hydrogen-bond donors (Lipinski definition) is 3. The first-order valence-corrected chi connectivity index (χ1v) is 10.4. The molecule has 1 saturated heterocycles. The number of benzene rings is 2. The van der Waals surface area contributed by atoms with Crippen LogP contribution in [0, 0.1) is 11.3 Å². The van der Waals surface area contributed by atoms with Gasteiger partial charge < -0.3 is 15.6 Å². The van der Waals surface area contributed by atoms with Gasteiger partial charge in [-0.15, -0.1) is 0 Å². The van der Waals surface area contributed by atoms with Crippen LogP contribution in [0.15, 0.2) is 54.9 Å². The highest BCUT2D eigenvalue weighted by Crippen LogP contribution is 2.28. The van der Waals surface area contributed by atoms with Gasteiger partial charge in [0, 0.05) is 58.9 Å². The number of rotatable bonds is 6. The molecule has 1 aliphatic rings. The number of carbonyl (C=O) groups is 1. The lowest BCUT2D eigenvalue weighted by Crippen LogP contribution is -2.34. The van der Waals surface area contributed by atoms with Crippen LogP contribution in [0.25, 0.3) is 11.1 Å². The van der Waals surface area contributed by atoms with Crippen LogP contribution < -0.4 is 5.32 Å². The second kappa shape index (κ2) is 8.71. The van der Waals surface area contributed by atoms with Crippen molar-refractivity contribution in [3.05, 3.63) is 71.0 Å². The average molecular weight is 422 g/mol. The van der Waals surface area contributed by atoms with Crippen molar-refractivity contribution in [3.8, 4) is 11.1 Å². The number of aromatic nitrogens is 2. The molecule has 0 radical (unpaired) electrons. The molecule has 2 aromatic carbocycles. The van der Waals surface area contributed by atoms with Gasteiger partial charge in [-0.3, -0.25) is 9.89 Å². The van der Waals surface area contributed by atoms with Crippen molar-refractivity contribution in [2.45, 2.75) is 19.4 Å². The van der Waals surface area contributed by atoms with Crippen molar-refractivity contribution in [2.24, 2.45) is 5.92 Å². The summed E-state index contributed by atoms with van der Waals surface area (Å²) in [4.78, 5) is 14.8. The van der Waals surface area contributed by atoms with Crippen LogP contribution in [0.1, 0.15) is 29.3 Å². The van der Waals surface area contributed by atoms with Gasteiger partial charge in [0.25, 0.3) is 5.91 Å². The summed E-state index contributed by atoms with van der Waals surface area (Å²) in [6, 6.07) is 13.2. The first kappa shape index (κ1) is 20.2. The first-order chi connectivity index (χ1) is 14.5. The Balaban J connectivity index is 1.40. The number of likely N-dealkylation sites (tertiary alicyclic amines) is 1. The van der Waals surface area contributed by atoms with Gasteiger partial charge >= 0.3 is 0 Å². The predicted octanol–water partition coefficient (Wildman–Crippen LogP) is 4.69. The minimum absolute atomic E-state index is 0.0475. The van der Waals surface area contributed by atoms with E-state index in [0.29, 0.717) is 23.0 Å². The summed E-state index contributed by atoms with van der Waals surface area (Å²) in [6.07, 6.45) is 5.91. The van der Waals surface area contributed by atoms with E-state index < -0.39 is 0 Å². The van der Waals surface area contributed by atoms with Gasteiger partial charge in [-0.2, -0.15) is 5.10 Å². The summed E-state index contributed by atoms with van der Waals surface area (Å²) >= 11 is 5.94. The maximum atomic E-state index is 12.9. The Morgan fingerprint density at radius 2 is 2.10 bits per heavy atom. The van der Waals surface area contributed by atoms with E-state index in [1.165, 1.54) is 6.21 Å². The molecule has 30 heavy (non-hydrogen) atoms. The Labute approximate surface area is 180 Å². The molecular formula is C23H24ClN5O. The smallest absolute Gasteiger partial charge is 0.254 e. The third-order valence-corrected chi connectivity index (χ3v) is 5.89. The zero-order chi connectivity index (χ0) is 21.1. The number of H-pyrrole nitrogens is 1. The zero-order valence-corrected chi connectivity index (χ0v) is 17.5. The zero-order valence-electron chi connectivity index (χ0n) is 16.7. The van der Waals surface area contributed by atoms with Gasteiger partial charge in [-0.25, -0.2) is 0 Å². The van der Waals surface area contributed by atoms with Gasteiger partial charge in [0.1, 0.15) is 0 Å². The quantitative estimate of drug-likeness (QED) is 0.505. The number of carbonyl (C=O) groups excluding carboxylic acids is 1. The van der Waals surface area contributed by atoms with Gasteiger partial charge in [-0.1, -0.05) is 17.7 Å². The molecule has 7 heteroatoms. The first-order valence-electron chi connectivity index (χ1n) is 9.99. The second-order valence-electron chi connectivity index (χ2n) is 7.73. The van der Waals surface area contributed by atoms with Crippen molar-refractivity contribution in [2.75, 3.05) is 18.4 Å². The minimum atomic E-state index is 0.0475. The van der Waals surface area contributed by atoms with Crippen LogP contribution >= 0.6 is 11.6 Å². The van der Waals surface area contributed by atoms with Crippen LogP contribution in [0.2, 0.25) is 5.02 Å². The molecule has 0 bridgehead atoms. The molecule has 6 nitrogen and oxygen atoms in total. The van der Waals surface area contributed by atoms with Crippen LogP contribution in [-0.2, 0) is 0 Å². The van der Waals surface area contributed by atoms with E-state index in [4.69, 9.17) is 17.0 Å². The third kappa shape index (κ3) is 4.24. The molecule has 4 rings (SSSR count). The molecule has 1 fully saturated rings. The summed E-state index contributed by atoms with van der Waals surface area (Å²) < 4.78 is 0. The van der Waals surface area contributed by atoms with E-state index in [1.54, 1.807) is 30.5 Å². The standard InChI is InChI=1S/C23H24ClN5O/c1-15-8-16(14-29(15)23(30)17-2-5-21(24)6-3-17)11-26-22-7-4-18(9-19(22)10-25)20-12-27-28-13-20/h2-7,9-10,12-13,15-16,25-26H,8,11,14H2,1H3,(H,27,28)/t15-,16?/m1/s1. The van der Waals surface area contributed by atoms with Crippen molar-refractivity contribution in [3.63, 3.8) is 0 Å². The Hall–Kier alpha value is -3.12. The minimum Gasteiger partial charge on any atom is -0.384 e. The van der Waals surface area contributed by atoms with E-state index >= 15 is 0 Å². The SMILES string of the molecule is C[C@@H]1CC(CNc2ccc(-c3cn[nH]c3)cc2C=N)CN1C(=O)c1ccc(Cl)cc1. The molecule has 154 valence electrons. The third-order valence-electron chi connectivity index (χ3n) is 5.63. The fourth-order valence-corrected chi connectivity index (χ4v) is 4.14. The number of aromatic amines is 1. The molecule has 1 aromatic heterocycles. The molecule has 0 saturated carbocycles. The highest BCUT2D eigenvalue weighted by molar-refractivity contribution is 6.30. The van der Waals surface area contributed by atoms with Crippen molar-refractivity contribution in [1.29, 1.82) is 5.41 Å². The average Bonchev–Trinajstić information content (AvgIpc) is 3.42. The number of nitrogens with zero attached hydrogens (tertiary/aromatic N) is 2. The van der Waals surface area contributed by atoms with Gasteiger partial charge in [0.2, 0.25) is 0 Å². The second-order valence-corrected chi connectivity index (χ2v) is 8.17. The highest BCUT2D eigenvalue weighted by atomic mass is 35.5. The lowest BCUT2D eigenvalue weighted by Gasteiger charge is -2.21. The van der Waals surface area contributed by atoms with E-state index in [-0.39, 0.29) is 11.9 Å². The van der Waals surface area contributed by atoms with Crippen LogP contribution in [0.3, 0.4) is 0 Å². The van der Waals surface area contributed by atoms with Crippen molar-refractivity contribution >= 4 is 29.4 Å². The summed E-state index contributed by atoms with van der Waals surface area (Å²) in [7, 11) is 0. The van der Waals surface area contributed by atoms with Crippen LogP contribution in [-0.4, -0.2) is 46.4 Å². The summed E-state index contributed by atoms with van der Waals surface area (Å²) in [6.45, 7) is 3.56. The number of halogens is 1. The monoisotopic (exact) mass is 421 g/mol. The fraction of sp³-hybridized carbons (Fsp3) is 0.261.